The van der Waals surface area contributed by atoms with E-state index in [1.54, 1.807) is 0 Å². The second-order valence-corrected chi connectivity index (χ2v) is 4.50. The maximum Gasteiger partial charge on any atom is 0.128 e. The summed E-state index contributed by atoms with van der Waals surface area (Å²) < 4.78 is 0. The molecule has 17 heavy (non-hydrogen) atoms. The van der Waals surface area contributed by atoms with Crippen LogP contribution in [-0.2, 0) is 0 Å². The van der Waals surface area contributed by atoms with Crippen molar-refractivity contribution < 1.29 is 0 Å². The maximum atomic E-state index is 4.43. The Bertz CT molecular complexity index is 325. The van der Waals surface area contributed by atoms with Crippen LogP contribution in [0.15, 0.2) is 18.3 Å². The summed E-state index contributed by atoms with van der Waals surface area (Å²) in [6.45, 7) is 8.60. The second-order valence-electron chi connectivity index (χ2n) is 4.50. The number of nitrogens with one attached hydrogen (secondary N) is 1. The first-order valence-corrected chi connectivity index (χ1v) is 6.59. The van der Waals surface area contributed by atoms with Gasteiger partial charge in [0.2, 0.25) is 0 Å². The van der Waals surface area contributed by atoms with E-state index in [4.69, 9.17) is 0 Å². The summed E-state index contributed by atoms with van der Waals surface area (Å²) in [6, 6.07) is 4.66. The highest BCUT2D eigenvalue weighted by Crippen LogP contribution is 2.17. The van der Waals surface area contributed by atoms with Crippen molar-refractivity contribution in [1.82, 2.24) is 10.3 Å². The Morgan fingerprint density at radius 1 is 1.41 bits per heavy atom. The zero-order chi connectivity index (χ0) is 12.7. The molecule has 0 saturated carbocycles. The van der Waals surface area contributed by atoms with Gasteiger partial charge < -0.3 is 10.2 Å². The van der Waals surface area contributed by atoms with Crippen molar-refractivity contribution in [2.45, 2.75) is 39.7 Å². The SMILES string of the molecule is CCCCN(C)c1cc(C(C)NCC)ccn1. The predicted molar refractivity (Wildman–Crippen MR) is 74.5 cm³/mol. The van der Waals surface area contributed by atoms with Gasteiger partial charge in [-0.3, -0.25) is 0 Å². The number of hydrogen-bond donors (Lipinski definition) is 1. The van der Waals surface area contributed by atoms with Crippen LogP contribution in [0.4, 0.5) is 5.82 Å². The van der Waals surface area contributed by atoms with Crippen LogP contribution in [0.3, 0.4) is 0 Å². The van der Waals surface area contributed by atoms with Crippen LogP contribution in [0, 0.1) is 0 Å². The Kier molecular flexibility index (Phi) is 5.98. The van der Waals surface area contributed by atoms with E-state index in [1.165, 1.54) is 18.4 Å². The van der Waals surface area contributed by atoms with Crippen LogP contribution >= 0.6 is 0 Å². The van der Waals surface area contributed by atoms with Gasteiger partial charge in [-0.2, -0.15) is 0 Å². The van der Waals surface area contributed by atoms with E-state index >= 15 is 0 Å². The molecule has 0 fully saturated rings. The third-order valence-corrected chi connectivity index (χ3v) is 3.02. The van der Waals surface area contributed by atoms with Gasteiger partial charge in [0, 0.05) is 25.8 Å². The molecule has 0 saturated heterocycles. The van der Waals surface area contributed by atoms with Gasteiger partial charge in [0.05, 0.1) is 0 Å². The van der Waals surface area contributed by atoms with E-state index in [1.807, 2.05) is 6.20 Å². The monoisotopic (exact) mass is 235 g/mol. The number of pyridine rings is 1. The Morgan fingerprint density at radius 3 is 2.82 bits per heavy atom. The van der Waals surface area contributed by atoms with Crippen molar-refractivity contribution in [2.24, 2.45) is 0 Å². The van der Waals surface area contributed by atoms with Crippen molar-refractivity contribution >= 4 is 5.82 Å². The smallest absolute Gasteiger partial charge is 0.128 e. The number of anilines is 1. The lowest BCUT2D eigenvalue weighted by molar-refractivity contribution is 0.597. The Morgan fingerprint density at radius 2 is 2.18 bits per heavy atom. The molecule has 0 bridgehead atoms. The van der Waals surface area contributed by atoms with Crippen molar-refractivity contribution in [2.75, 3.05) is 25.0 Å². The number of aromatic nitrogens is 1. The molecule has 96 valence electrons. The molecule has 0 aromatic carbocycles. The fourth-order valence-corrected chi connectivity index (χ4v) is 1.85. The fraction of sp³-hybridized carbons (Fsp3) is 0.643. The maximum absolute atomic E-state index is 4.43. The quantitative estimate of drug-likeness (QED) is 0.787. The van der Waals surface area contributed by atoms with Gasteiger partial charge in [-0.05, 0) is 37.6 Å². The lowest BCUT2D eigenvalue weighted by Gasteiger charge is -2.20. The average Bonchev–Trinajstić information content (AvgIpc) is 2.36. The largest absolute Gasteiger partial charge is 0.360 e. The molecule has 1 atom stereocenters. The first kappa shape index (κ1) is 14.0. The molecule has 0 aliphatic carbocycles. The van der Waals surface area contributed by atoms with Gasteiger partial charge in [0.15, 0.2) is 0 Å². The molecule has 0 amide bonds. The molecule has 1 rings (SSSR count). The number of nitrogens with zero attached hydrogens (tertiary/aromatic N) is 2. The Balaban J connectivity index is 2.70. The molecular formula is C14H25N3. The van der Waals surface area contributed by atoms with Gasteiger partial charge in [-0.25, -0.2) is 4.98 Å². The molecule has 3 nitrogen and oxygen atoms in total. The van der Waals surface area contributed by atoms with Crippen molar-refractivity contribution in [3.05, 3.63) is 23.9 Å². The van der Waals surface area contributed by atoms with Crippen LogP contribution in [0.5, 0.6) is 0 Å². The summed E-state index contributed by atoms with van der Waals surface area (Å²) in [5.74, 6) is 1.07. The average molecular weight is 235 g/mol. The standard InChI is InChI=1S/C14H25N3/c1-5-7-10-17(4)14-11-13(8-9-16-14)12(3)15-6-2/h8-9,11-12,15H,5-7,10H2,1-4H3. The summed E-state index contributed by atoms with van der Waals surface area (Å²) >= 11 is 0. The van der Waals surface area contributed by atoms with Crippen LogP contribution in [0.1, 0.15) is 45.2 Å². The number of unbranched alkanes of at least 4 members (excludes halogenated alkanes) is 1. The van der Waals surface area contributed by atoms with Gasteiger partial charge in [0.25, 0.3) is 0 Å². The molecule has 1 aromatic rings. The molecule has 0 spiro atoms. The van der Waals surface area contributed by atoms with E-state index in [9.17, 15) is 0 Å². The molecule has 0 radical (unpaired) electrons. The second kappa shape index (κ2) is 7.28. The van der Waals surface area contributed by atoms with Crippen molar-refractivity contribution in [3.8, 4) is 0 Å². The van der Waals surface area contributed by atoms with Crippen LogP contribution in [0.2, 0.25) is 0 Å². The third kappa shape index (κ3) is 4.35. The minimum atomic E-state index is 0.390. The van der Waals surface area contributed by atoms with Gasteiger partial charge >= 0.3 is 0 Å². The molecule has 0 aliphatic rings. The first-order valence-electron chi connectivity index (χ1n) is 6.59. The van der Waals surface area contributed by atoms with Crippen LogP contribution in [0.25, 0.3) is 0 Å². The Labute approximate surface area is 105 Å². The highest BCUT2D eigenvalue weighted by Gasteiger charge is 2.07. The van der Waals surface area contributed by atoms with E-state index in [-0.39, 0.29) is 0 Å². The summed E-state index contributed by atoms with van der Waals surface area (Å²) in [4.78, 5) is 6.66. The summed E-state index contributed by atoms with van der Waals surface area (Å²) in [5, 5.41) is 3.42. The minimum absolute atomic E-state index is 0.390. The lowest BCUT2D eigenvalue weighted by atomic mass is 10.1. The number of hydrogen-bond acceptors (Lipinski definition) is 3. The van der Waals surface area contributed by atoms with Gasteiger partial charge in [0.1, 0.15) is 5.82 Å². The molecule has 1 unspecified atom stereocenters. The summed E-state index contributed by atoms with van der Waals surface area (Å²) in [5.41, 5.74) is 1.31. The Hall–Kier alpha value is -1.09. The summed E-state index contributed by atoms with van der Waals surface area (Å²) in [7, 11) is 2.11. The normalized spacial score (nSPS) is 12.5. The van der Waals surface area contributed by atoms with E-state index in [0.29, 0.717) is 6.04 Å². The number of rotatable bonds is 7. The van der Waals surface area contributed by atoms with Gasteiger partial charge in [-0.1, -0.05) is 20.3 Å². The van der Waals surface area contributed by atoms with Crippen molar-refractivity contribution in [3.63, 3.8) is 0 Å². The predicted octanol–water partition coefficient (Wildman–Crippen LogP) is 2.99. The molecule has 1 heterocycles. The zero-order valence-electron chi connectivity index (χ0n) is 11.5. The van der Waals surface area contributed by atoms with E-state index in [0.717, 1.165) is 18.9 Å². The molecule has 1 aromatic heterocycles. The lowest BCUT2D eigenvalue weighted by Crippen LogP contribution is -2.21. The highest BCUT2D eigenvalue weighted by molar-refractivity contribution is 5.40. The molecular weight excluding hydrogens is 210 g/mol. The zero-order valence-corrected chi connectivity index (χ0v) is 11.5. The fourth-order valence-electron chi connectivity index (χ4n) is 1.85. The highest BCUT2D eigenvalue weighted by atomic mass is 15.2. The van der Waals surface area contributed by atoms with Crippen LogP contribution in [-0.4, -0.2) is 25.1 Å². The van der Waals surface area contributed by atoms with Crippen molar-refractivity contribution in [1.29, 1.82) is 0 Å². The van der Waals surface area contributed by atoms with E-state index in [2.05, 4.69) is 55.2 Å². The van der Waals surface area contributed by atoms with E-state index < -0.39 is 0 Å². The van der Waals surface area contributed by atoms with Gasteiger partial charge in [-0.15, -0.1) is 0 Å². The summed E-state index contributed by atoms with van der Waals surface area (Å²) in [6.07, 6.45) is 4.34. The molecule has 3 heteroatoms. The first-order chi connectivity index (χ1) is 8.19. The topological polar surface area (TPSA) is 28.2 Å². The molecule has 1 N–H and O–H groups in total. The molecule has 0 aliphatic heterocycles. The van der Waals surface area contributed by atoms with Crippen LogP contribution < -0.4 is 10.2 Å². The third-order valence-electron chi connectivity index (χ3n) is 3.02. The minimum Gasteiger partial charge on any atom is -0.360 e.